The first-order valence-corrected chi connectivity index (χ1v) is 5.95. The molecule has 0 aliphatic rings. The van der Waals surface area contributed by atoms with Gasteiger partial charge in [0.1, 0.15) is 5.82 Å². The summed E-state index contributed by atoms with van der Waals surface area (Å²) in [5.41, 5.74) is 2.13. The van der Waals surface area contributed by atoms with Crippen molar-refractivity contribution < 1.29 is 0 Å². The molecule has 0 saturated carbocycles. The number of nitrogens with one attached hydrogen (secondary N) is 1. The zero-order valence-corrected chi connectivity index (χ0v) is 11.0. The van der Waals surface area contributed by atoms with E-state index in [0.29, 0.717) is 0 Å². The molecule has 90 valence electrons. The lowest BCUT2D eigenvalue weighted by atomic mass is 10.2. The molecule has 3 nitrogen and oxygen atoms in total. The number of imidazole rings is 1. The van der Waals surface area contributed by atoms with Crippen molar-refractivity contribution >= 4 is 17.3 Å². The van der Waals surface area contributed by atoms with Gasteiger partial charge in [0.15, 0.2) is 0 Å². The molecule has 0 spiro atoms. The fourth-order valence-corrected chi connectivity index (χ4v) is 2.01. The topological polar surface area (TPSA) is 29.9 Å². The van der Waals surface area contributed by atoms with Gasteiger partial charge in [-0.15, -0.1) is 0 Å². The van der Waals surface area contributed by atoms with Gasteiger partial charge in [-0.2, -0.15) is 0 Å². The van der Waals surface area contributed by atoms with Crippen LogP contribution in [-0.2, 0) is 7.05 Å². The first-order chi connectivity index (χ1) is 8.08. The molecule has 2 aromatic rings. The molecule has 1 N–H and O–H groups in total. The fraction of sp³-hybridized carbons (Fsp3) is 0.308. The average molecular weight is 250 g/mol. The summed E-state index contributed by atoms with van der Waals surface area (Å²) in [6, 6.07) is 6.07. The molecule has 1 atom stereocenters. The Labute approximate surface area is 106 Å². The molecule has 0 bridgehead atoms. The van der Waals surface area contributed by atoms with E-state index in [1.807, 2.05) is 42.9 Å². The first kappa shape index (κ1) is 12.0. The Hall–Kier alpha value is -1.48. The Morgan fingerprint density at radius 1 is 1.41 bits per heavy atom. The van der Waals surface area contributed by atoms with E-state index in [1.165, 1.54) is 5.56 Å². The number of anilines is 1. The molecule has 0 fully saturated rings. The Bertz CT molecular complexity index is 519. The molecule has 1 aromatic heterocycles. The third-order valence-corrected chi connectivity index (χ3v) is 3.07. The number of halogens is 1. The van der Waals surface area contributed by atoms with Gasteiger partial charge in [-0.1, -0.05) is 17.7 Å². The molecule has 1 unspecified atom stereocenters. The number of benzene rings is 1. The van der Waals surface area contributed by atoms with Gasteiger partial charge >= 0.3 is 0 Å². The van der Waals surface area contributed by atoms with Crippen LogP contribution in [0, 0.1) is 6.92 Å². The highest BCUT2D eigenvalue weighted by Gasteiger charge is 2.11. The summed E-state index contributed by atoms with van der Waals surface area (Å²) in [5.74, 6) is 0.988. The van der Waals surface area contributed by atoms with Crippen LogP contribution in [0.2, 0.25) is 5.02 Å². The zero-order valence-electron chi connectivity index (χ0n) is 10.2. The van der Waals surface area contributed by atoms with E-state index in [4.69, 9.17) is 11.6 Å². The summed E-state index contributed by atoms with van der Waals surface area (Å²) in [4.78, 5) is 4.32. The maximum atomic E-state index is 6.15. The van der Waals surface area contributed by atoms with Gasteiger partial charge in [0, 0.05) is 19.4 Å². The van der Waals surface area contributed by atoms with Crippen LogP contribution in [0.5, 0.6) is 0 Å². The quantitative estimate of drug-likeness (QED) is 0.902. The lowest BCUT2D eigenvalue weighted by molar-refractivity contribution is 0.721. The van der Waals surface area contributed by atoms with Gasteiger partial charge < -0.3 is 9.88 Å². The van der Waals surface area contributed by atoms with E-state index in [2.05, 4.69) is 17.2 Å². The molecule has 4 heteroatoms. The SMILES string of the molecule is Cc1ccc(Cl)c(NC(C)c2nccn2C)c1. The number of aromatic nitrogens is 2. The standard InChI is InChI=1S/C13H16ClN3/c1-9-4-5-11(14)12(8-9)16-10(2)13-15-6-7-17(13)3/h4-8,10,16H,1-3H3. The smallest absolute Gasteiger partial charge is 0.130 e. The second-order valence-electron chi connectivity index (χ2n) is 4.25. The molecule has 17 heavy (non-hydrogen) atoms. The number of nitrogens with zero attached hydrogens (tertiary/aromatic N) is 2. The van der Waals surface area contributed by atoms with E-state index in [1.54, 1.807) is 6.20 Å². The van der Waals surface area contributed by atoms with Crippen LogP contribution >= 0.6 is 11.6 Å². The van der Waals surface area contributed by atoms with Crippen molar-refractivity contribution in [1.29, 1.82) is 0 Å². The molecule has 0 radical (unpaired) electrons. The molecular weight excluding hydrogens is 234 g/mol. The van der Waals surface area contributed by atoms with Gasteiger partial charge in [0.05, 0.1) is 16.8 Å². The van der Waals surface area contributed by atoms with Gasteiger partial charge in [-0.05, 0) is 31.5 Å². The summed E-state index contributed by atoms with van der Waals surface area (Å²) in [6.45, 7) is 4.12. The second-order valence-corrected chi connectivity index (χ2v) is 4.65. The van der Waals surface area contributed by atoms with E-state index in [0.717, 1.165) is 16.5 Å². The van der Waals surface area contributed by atoms with Crippen LogP contribution < -0.4 is 5.32 Å². The minimum atomic E-state index is 0.120. The lowest BCUT2D eigenvalue weighted by Crippen LogP contribution is -2.12. The van der Waals surface area contributed by atoms with Crippen LogP contribution in [0.3, 0.4) is 0 Å². The van der Waals surface area contributed by atoms with E-state index in [-0.39, 0.29) is 6.04 Å². The van der Waals surface area contributed by atoms with Crippen molar-refractivity contribution in [2.75, 3.05) is 5.32 Å². The van der Waals surface area contributed by atoms with E-state index < -0.39 is 0 Å². The molecule has 1 heterocycles. The predicted octanol–water partition coefficient (Wildman–Crippen LogP) is 3.56. The Morgan fingerprint density at radius 2 is 2.18 bits per heavy atom. The van der Waals surface area contributed by atoms with Crippen molar-refractivity contribution in [2.45, 2.75) is 19.9 Å². The fourth-order valence-electron chi connectivity index (χ4n) is 1.84. The van der Waals surface area contributed by atoms with Crippen molar-refractivity contribution in [3.05, 3.63) is 47.0 Å². The lowest BCUT2D eigenvalue weighted by Gasteiger charge is -2.16. The van der Waals surface area contributed by atoms with Crippen molar-refractivity contribution in [3.63, 3.8) is 0 Å². The third kappa shape index (κ3) is 2.61. The normalized spacial score (nSPS) is 12.5. The van der Waals surface area contributed by atoms with Crippen LogP contribution in [0.1, 0.15) is 24.4 Å². The number of aryl methyl sites for hydroxylation is 2. The minimum absolute atomic E-state index is 0.120. The van der Waals surface area contributed by atoms with Crippen LogP contribution in [0.4, 0.5) is 5.69 Å². The van der Waals surface area contributed by atoms with Crippen LogP contribution in [0.15, 0.2) is 30.6 Å². The van der Waals surface area contributed by atoms with Crippen molar-refractivity contribution in [3.8, 4) is 0 Å². The average Bonchev–Trinajstić information content (AvgIpc) is 2.70. The number of hydrogen-bond donors (Lipinski definition) is 1. The van der Waals surface area contributed by atoms with Crippen molar-refractivity contribution in [1.82, 2.24) is 9.55 Å². The van der Waals surface area contributed by atoms with Crippen LogP contribution in [-0.4, -0.2) is 9.55 Å². The highest BCUT2D eigenvalue weighted by molar-refractivity contribution is 6.33. The summed E-state index contributed by atoms with van der Waals surface area (Å²) >= 11 is 6.15. The summed E-state index contributed by atoms with van der Waals surface area (Å²) in [6.07, 6.45) is 3.73. The van der Waals surface area contributed by atoms with Crippen LogP contribution in [0.25, 0.3) is 0 Å². The Morgan fingerprint density at radius 3 is 2.82 bits per heavy atom. The van der Waals surface area contributed by atoms with Gasteiger partial charge in [0.25, 0.3) is 0 Å². The summed E-state index contributed by atoms with van der Waals surface area (Å²) in [5, 5.41) is 4.11. The zero-order chi connectivity index (χ0) is 12.4. The molecule has 0 aliphatic heterocycles. The molecule has 2 rings (SSSR count). The maximum Gasteiger partial charge on any atom is 0.130 e. The second kappa shape index (κ2) is 4.80. The van der Waals surface area contributed by atoms with E-state index >= 15 is 0 Å². The maximum absolute atomic E-state index is 6.15. The third-order valence-electron chi connectivity index (χ3n) is 2.74. The molecule has 0 aliphatic carbocycles. The first-order valence-electron chi connectivity index (χ1n) is 5.58. The largest absolute Gasteiger partial charge is 0.374 e. The molecule has 1 aromatic carbocycles. The summed E-state index contributed by atoms with van der Waals surface area (Å²) in [7, 11) is 1.98. The minimum Gasteiger partial charge on any atom is -0.374 e. The number of hydrogen-bond acceptors (Lipinski definition) is 2. The molecule has 0 saturated heterocycles. The van der Waals surface area contributed by atoms with Gasteiger partial charge in [-0.3, -0.25) is 0 Å². The monoisotopic (exact) mass is 249 g/mol. The Balaban J connectivity index is 2.21. The molecule has 0 amide bonds. The molecular formula is C13H16ClN3. The summed E-state index contributed by atoms with van der Waals surface area (Å²) < 4.78 is 2.00. The number of rotatable bonds is 3. The van der Waals surface area contributed by atoms with Gasteiger partial charge in [-0.25, -0.2) is 4.98 Å². The highest BCUT2D eigenvalue weighted by atomic mass is 35.5. The van der Waals surface area contributed by atoms with Crippen molar-refractivity contribution in [2.24, 2.45) is 7.05 Å². The Kier molecular flexibility index (Phi) is 3.38. The van der Waals surface area contributed by atoms with E-state index in [9.17, 15) is 0 Å². The van der Waals surface area contributed by atoms with Gasteiger partial charge in [0.2, 0.25) is 0 Å². The highest BCUT2D eigenvalue weighted by Crippen LogP contribution is 2.26. The predicted molar refractivity (Wildman–Crippen MR) is 71.4 cm³/mol.